The Morgan fingerprint density at radius 3 is 2.71 bits per heavy atom. The molecule has 1 aromatic carbocycles. The van der Waals surface area contributed by atoms with Gasteiger partial charge in [0, 0.05) is 12.2 Å². The number of urea groups is 1. The fourth-order valence-corrected chi connectivity index (χ4v) is 4.04. The number of carboxylic acid groups (broad SMARTS) is 1. The molecule has 2 amide bonds. The van der Waals surface area contributed by atoms with Gasteiger partial charge in [0.25, 0.3) is 0 Å². The Kier molecular flexibility index (Phi) is 4.46. The molecule has 2 rings (SSSR count). The van der Waals surface area contributed by atoms with Gasteiger partial charge in [-0.1, -0.05) is 6.07 Å². The van der Waals surface area contributed by atoms with E-state index in [1.165, 1.54) is 18.2 Å². The van der Waals surface area contributed by atoms with Crippen LogP contribution in [0.1, 0.15) is 16.8 Å². The van der Waals surface area contributed by atoms with Gasteiger partial charge in [-0.15, -0.1) is 0 Å². The Morgan fingerprint density at radius 1 is 1.33 bits per heavy atom. The average Bonchev–Trinajstić information content (AvgIpc) is 2.76. The third kappa shape index (κ3) is 4.45. The molecule has 0 spiro atoms. The first-order valence-corrected chi connectivity index (χ1v) is 8.26. The number of hydrogen-bond acceptors (Lipinski definition) is 4. The van der Waals surface area contributed by atoms with E-state index in [1.54, 1.807) is 6.07 Å². The first kappa shape index (κ1) is 15.3. The van der Waals surface area contributed by atoms with Crippen LogP contribution in [0.5, 0.6) is 0 Å². The number of sulfone groups is 1. The van der Waals surface area contributed by atoms with Crippen LogP contribution in [0.4, 0.5) is 10.5 Å². The molecule has 8 heteroatoms. The van der Waals surface area contributed by atoms with Gasteiger partial charge in [0.15, 0.2) is 9.84 Å². The van der Waals surface area contributed by atoms with Gasteiger partial charge in [-0.25, -0.2) is 18.0 Å². The maximum atomic E-state index is 11.7. The molecule has 0 radical (unpaired) electrons. The lowest BCUT2D eigenvalue weighted by Gasteiger charge is -2.11. The molecule has 1 heterocycles. The standard InChI is InChI=1S/C13H16N2O5S/c16-12(17)10-2-1-3-11(6-10)15-13(18)14-7-9-4-5-21(19,20)8-9/h1-3,6,9H,4-5,7-8H2,(H,16,17)(H2,14,15,18). The predicted molar refractivity (Wildman–Crippen MR) is 77.2 cm³/mol. The molecule has 0 saturated carbocycles. The molecule has 21 heavy (non-hydrogen) atoms. The lowest BCUT2D eigenvalue weighted by Crippen LogP contribution is -2.33. The van der Waals surface area contributed by atoms with Crippen LogP contribution in [0.2, 0.25) is 0 Å². The highest BCUT2D eigenvalue weighted by molar-refractivity contribution is 7.91. The number of benzene rings is 1. The summed E-state index contributed by atoms with van der Waals surface area (Å²) in [5, 5.41) is 14.0. The first-order valence-electron chi connectivity index (χ1n) is 6.44. The van der Waals surface area contributed by atoms with Gasteiger partial charge in [0.1, 0.15) is 0 Å². The summed E-state index contributed by atoms with van der Waals surface area (Å²) in [6, 6.07) is 5.40. The Balaban J connectivity index is 1.85. The highest BCUT2D eigenvalue weighted by atomic mass is 32.2. The van der Waals surface area contributed by atoms with Crippen molar-refractivity contribution in [2.45, 2.75) is 6.42 Å². The monoisotopic (exact) mass is 312 g/mol. The number of carbonyl (C=O) groups is 2. The van der Waals surface area contributed by atoms with E-state index in [-0.39, 0.29) is 29.5 Å². The number of rotatable bonds is 4. The Morgan fingerprint density at radius 2 is 2.10 bits per heavy atom. The molecule has 1 aliphatic heterocycles. The highest BCUT2D eigenvalue weighted by Crippen LogP contribution is 2.17. The summed E-state index contributed by atoms with van der Waals surface area (Å²) >= 11 is 0. The van der Waals surface area contributed by atoms with Crippen LogP contribution in [0.15, 0.2) is 24.3 Å². The lowest BCUT2D eigenvalue weighted by molar-refractivity contribution is 0.0697. The summed E-state index contributed by atoms with van der Waals surface area (Å²) in [6.45, 7) is 0.281. The minimum Gasteiger partial charge on any atom is -0.478 e. The fraction of sp³-hybridized carbons (Fsp3) is 0.385. The molecular weight excluding hydrogens is 296 g/mol. The van der Waals surface area contributed by atoms with Crippen LogP contribution in [0.25, 0.3) is 0 Å². The number of anilines is 1. The van der Waals surface area contributed by atoms with Crippen molar-refractivity contribution >= 4 is 27.5 Å². The number of nitrogens with one attached hydrogen (secondary N) is 2. The maximum absolute atomic E-state index is 11.7. The molecule has 114 valence electrons. The third-order valence-electron chi connectivity index (χ3n) is 3.25. The predicted octanol–water partition coefficient (Wildman–Crippen LogP) is 0.941. The van der Waals surface area contributed by atoms with E-state index in [4.69, 9.17) is 5.11 Å². The van der Waals surface area contributed by atoms with Gasteiger partial charge >= 0.3 is 12.0 Å². The van der Waals surface area contributed by atoms with Gasteiger partial charge in [0.05, 0.1) is 17.1 Å². The third-order valence-corrected chi connectivity index (χ3v) is 5.08. The van der Waals surface area contributed by atoms with E-state index in [9.17, 15) is 18.0 Å². The molecule has 1 fully saturated rings. The summed E-state index contributed by atoms with van der Waals surface area (Å²) in [6.07, 6.45) is 0.553. The van der Waals surface area contributed by atoms with E-state index in [2.05, 4.69) is 10.6 Å². The maximum Gasteiger partial charge on any atom is 0.335 e. The van der Waals surface area contributed by atoms with Crippen LogP contribution in [-0.4, -0.2) is 43.6 Å². The van der Waals surface area contributed by atoms with Crippen molar-refractivity contribution in [3.8, 4) is 0 Å². The minimum atomic E-state index is -2.95. The Hall–Kier alpha value is -2.09. The molecule has 1 unspecified atom stereocenters. The second-order valence-corrected chi connectivity index (χ2v) is 7.22. The molecule has 1 aliphatic rings. The number of hydrogen-bond donors (Lipinski definition) is 3. The van der Waals surface area contributed by atoms with Gasteiger partial charge < -0.3 is 15.7 Å². The van der Waals surface area contributed by atoms with E-state index in [1.807, 2.05) is 0 Å². The number of carbonyl (C=O) groups excluding carboxylic acids is 1. The van der Waals surface area contributed by atoms with Crippen molar-refractivity contribution in [2.24, 2.45) is 5.92 Å². The van der Waals surface area contributed by atoms with Gasteiger partial charge in [-0.3, -0.25) is 0 Å². The Labute approximate surface area is 122 Å². The van der Waals surface area contributed by atoms with Crippen molar-refractivity contribution in [1.29, 1.82) is 0 Å². The van der Waals surface area contributed by atoms with Crippen molar-refractivity contribution in [2.75, 3.05) is 23.4 Å². The fourth-order valence-electron chi connectivity index (χ4n) is 2.18. The quantitative estimate of drug-likeness (QED) is 0.766. The van der Waals surface area contributed by atoms with E-state index in [0.717, 1.165) is 0 Å². The lowest BCUT2D eigenvalue weighted by atomic mass is 10.1. The molecule has 0 aromatic heterocycles. The van der Waals surface area contributed by atoms with Crippen LogP contribution >= 0.6 is 0 Å². The van der Waals surface area contributed by atoms with E-state index >= 15 is 0 Å². The van der Waals surface area contributed by atoms with Crippen LogP contribution in [0.3, 0.4) is 0 Å². The molecule has 0 bridgehead atoms. The largest absolute Gasteiger partial charge is 0.478 e. The SMILES string of the molecule is O=C(NCC1CCS(=O)(=O)C1)Nc1cccc(C(=O)O)c1. The molecule has 0 aliphatic carbocycles. The molecular formula is C13H16N2O5S. The second-order valence-electron chi connectivity index (χ2n) is 4.99. The van der Waals surface area contributed by atoms with Crippen molar-refractivity contribution in [1.82, 2.24) is 5.32 Å². The van der Waals surface area contributed by atoms with Crippen molar-refractivity contribution < 1.29 is 23.1 Å². The first-order chi connectivity index (χ1) is 9.85. The van der Waals surface area contributed by atoms with Gasteiger partial charge in [0.2, 0.25) is 0 Å². The number of aromatic carboxylic acids is 1. The zero-order valence-corrected chi connectivity index (χ0v) is 12.0. The van der Waals surface area contributed by atoms with E-state index in [0.29, 0.717) is 12.1 Å². The van der Waals surface area contributed by atoms with Crippen LogP contribution in [-0.2, 0) is 9.84 Å². The molecule has 1 atom stereocenters. The number of carboxylic acids is 1. The van der Waals surface area contributed by atoms with Gasteiger partial charge in [-0.05, 0) is 30.5 Å². The zero-order chi connectivity index (χ0) is 15.5. The van der Waals surface area contributed by atoms with Crippen molar-refractivity contribution in [3.63, 3.8) is 0 Å². The highest BCUT2D eigenvalue weighted by Gasteiger charge is 2.27. The summed E-state index contributed by atoms with van der Waals surface area (Å²) in [5.74, 6) is -0.870. The minimum absolute atomic E-state index is 0.0638. The van der Waals surface area contributed by atoms with Crippen LogP contribution < -0.4 is 10.6 Å². The summed E-state index contributed by atoms with van der Waals surface area (Å²) in [5.41, 5.74) is 0.445. The smallest absolute Gasteiger partial charge is 0.335 e. The summed E-state index contributed by atoms with van der Waals surface area (Å²) in [4.78, 5) is 22.5. The van der Waals surface area contributed by atoms with Gasteiger partial charge in [-0.2, -0.15) is 0 Å². The van der Waals surface area contributed by atoms with Crippen molar-refractivity contribution in [3.05, 3.63) is 29.8 Å². The normalized spacial score (nSPS) is 19.9. The number of amides is 2. The Bertz CT molecular complexity index is 656. The van der Waals surface area contributed by atoms with E-state index < -0.39 is 21.8 Å². The zero-order valence-electron chi connectivity index (χ0n) is 11.2. The topological polar surface area (TPSA) is 113 Å². The average molecular weight is 312 g/mol. The van der Waals surface area contributed by atoms with Crippen LogP contribution in [0, 0.1) is 5.92 Å². The molecule has 7 nitrogen and oxygen atoms in total. The molecule has 1 aromatic rings. The molecule has 1 saturated heterocycles. The second kappa shape index (κ2) is 6.13. The molecule has 3 N–H and O–H groups in total. The summed E-state index contributed by atoms with van der Waals surface area (Å²) in [7, 11) is -2.95. The summed E-state index contributed by atoms with van der Waals surface area (Å²) < 4.78 is 22.6.